The summed E-state index contributed by atoms with van der Waals surface area (Å²) in [6.07, 6.45) is 1.19. The van der Waals surface area contributed by atoms with Crippen molar-refractivity contribution in [3.05, 3.63) is 0 Å². The van der Waals surface area contributed by atoms with Crippen molar-refractivity contribution in [3.8, 4) is 0 Å². The van der Waals surface area contributed by atoms with E-state index in [4.69, 9.17) is 0 Å². The fraction of sp³-hybridized carbons (Fsp3) is 1.00. The van der Waals surface area contributed by atoms with Gasteiger partial charge in [-0.2, -0.15) is 0 Å². The molecule has 0 aromatic heterocycles. The molecule has 2 rings (SSSR count). The third kappa shape index (κ3) is 1.16. The Morgan fingerprint density at radius 3 is 2.08 bits per heavy atom. The molecular weight excluding hydrogens is 188 g/mol. The number of rotatable bonds is 1. The summed E-state index contributed by atoms with van der Waals surface area (Å²) < 4.78 is 23.4. The van der Waals surface area contributed by atoms with Crippen LogP contribution in [0.25, 0.3) is 0 Å². The predicted octanol–water partition coefficient (Wildman–Crippen LogP) is 1.30. The van der Waals surface area contributed by atoms with Gasteiger partial charge in [-0.1, -0.05) is 19.6 Å². The van der Waals surface area contributed by atoms with E-state index in [1.807, 2.05) is 0 Å². The standard InChI is InChI=1S/C8H16O2SSi/c1-12(2,3)8-7-4-6(7)5-11(8,9)10/h6-8H,4-5H2,1-3H3/t6-,7-,8+/m1/s1. The second-order valence-corrected chi connectivity index (χ2v) is 13.2. The summed E-state index contributed by atoms with van der Waals surface area (Å²) in [5, 5.41) is 0. The molecule has 70 valence electrons. The molecule has 2 nitrogen and oxygen atoms in total. The Labute approximate surface area is 75.3 Å². The van der Waals surface area contributed by atoms with Crippen molar-refractivity contribution >= 4 is 17.9 Å². The van der Waals surface area contributed by atoms with Gasteiger partial charge in [-0.05, 0) is 18.3 Å². The molecule has 0 N–H and O–H groups in total. The molecule has 0 amide bonds. The third-order valence-corrected chi connectivity index (χ3v) is 10.4. The smallest absolute Gasteiger partial charge is 0.151 e. The maximum Gasteiger partial charge on any atom is 0.151 e. The van der Waals surface area contributed by atoms with E-state index >= 15 is 0 Å². The maximum absolute atomic E-state index is 11.7. The lowest BCUT2D eigenvalue weighted by molar-refractivity contribution is 0.593. The quantitative estimate of drug-likeness (QED) is 0.603. The normalized spacial score (nSPS) is 44.1. The summed E-state index contributed by atoms with van der Waals surface area (Å²) in [4.78, 5) is 0.0787. The minimum Gasteiger partial charge on any atom is -0.229 e. The molecule has 1 saturated heterocycles. The zero-order chi connectivity index (χ0) is 9.15. The molecule has 0 radical (unpaired) electrons. The molecule has 0 bridgehead atoms. The van der Waals surface area contributed by atoms with Gasteiger partial charge in [-0.15, -0.1) is 0 Å². The summed E-state index contributed by atoms with van der Waals surface area (Å²) in [6.45, 7) is 6.53. The van der Waals surface area contributed by atoms with E-state index in [-0.39, 0.29) is 4.87 Å². The zero-order valence-corrected chi connectivity index (χ0v) is 9.69. The van der Waals surface area contributed by atoms with Gasteiger partial charge in [0.2, 0.25) is 0 Å². The lowest BCUT2D eigenvalue weighted by atomic mass is 10.4. The fourth-order valence-corrected chi connectivity index (χ4v) is 11.0. The van der Waals surface area contributed by atoms with Crippen molar-refractivity contribution in [2.45, 2.75) is 30.9 Å². The zero-order valence-electron chi connectivity index (χ0n) is 7.87. The second kappa shape index (κ2) is 2.15. The van der Waals surface area contributed by atoms with Crippen molar-refractivity contribution < 1.29 is 8.42 Å². The van der Waals surface area contributed by atoms with Gasteiger partial charge in [-0.25, -0.2) is 8.42 Å². The molecule has 0 aromatic rings. The van der Waals surface area contributed by atoms with E-state index in [2.05, 4.69) is 19.6 Å². The van der Waals surface area contributed by atoms with Gasteiger partial charge in [0.1, 0.15) is 0 Å². The highest BCUT2D eigenvalue weighted by Gasteiger charge is 2.60. The fourth-order valence-electron chi connectivity index (χ4n) is 2.68. The number of fused-ring (bicyclic) bond motifs is 1. The first-order valence-corrected chi connectivity index (χ1v) is 9.83. The van der Waals surface area contributed by atoms with Crippen molar-refractivity contribution in [2.75, 3.05) is 5.75 Å². The lowest BCUT2D eigenvalue weighted by Crippen LogP contribution is -2.44. The molecular formula is C8H16O2SSi. The molecule has 4 heteroatoms. The van der Waals surface area contributed by atoms with Crippen LogP contribution in [-0.2, 0) is 9.84 Å². The first kappa shape index (κ1) is 8.75. The molecule has 1 aliphatic carbocycles. The van der Waals surface area contributed by atoms with Crippen molar-refractivity contribution in [2.24, 2.45) is 11.8 Å². The summed E-state index contributed by atoms with van der Waals surface area (Å²) in [5.74, 6) is 1.60. The molecule has 1 heterocycles. The highest BCUT2D eigenvalue weighted by Crippen LogP contribution is 2.53. The second-order valence-electron chi connectivity index (χ2n) is 5.28. The van der Waals surface area contributed by atoms with Crippen LogP contribution in [0.15, 0.2) is 0 Å². The summed E-state index contributed by atoms with van der Waals surface area (Å²) in [6, 6.07) is 0. The minimum absolute atomic E-state index is 0.0787. The number of hydrogen-bond acceptors (Lipinski definition) is 2. The van der Waals surface area contributed by atoms with Gasteiger partial charge in [-0.3, -0.25) is 0 Å². The highest BCUT2D eigenvalue weighted by molar-refractivity contribution is 7.94. The van der Waals surface area contributed by atoms with E-state index in [9.17, 15) is 8.42 Å². The van der Waals surface area contributed by atoms with Crippen LogP contribution in [-0.4, -0.2) is 27.1 Å². The van der Waals surface area contributed by atoms with E-state index in [0.717, 1.165) is 0 Å². The maximum atomic E-state index is 11.7. The molecule has 1 aliphatic heterocycles. The molecule has 3 atom stereocenters. The van der Waals surface area contributed by atoms with Gasteiger partial charge in [0.15, 0.2) is 9.84 Å². The van der Waals surface area contributed by atoms with Crippen molar-refractivity contribution in [3.63, 3.8) is 0 Å². The summed E-state index contributed by atoms with van der Waals surface area (Å²) >= 11 is 0. The molecule has 12 heavy (non-hydrogen) atoms. The SMILES string of the molecule is C[Si](C)(C)[C@H]1[C@@H]2C[C@@H]2CS1(=O)=O. The largest absolute Gasteiger partial charge is 0.229 e. The Morgan fingerprint density at radius 2 is 1.83 bits per heavy atom. The van der Waals surface area contributed by atoms with Gasteiger partial charge in [0, 0.05) is 0 Å². The average Bonchev–Trinajstić information content (AvgIpc) is 2.35. The molecule has 2 aliphatic rings. The van der Waals surface area contributed by atoms with E-state index < -0.39 is 17.9 Å². The van der Waals surface area contributed by atoms with Crippen molar-refractivity contribution in [1.82, 2.24) is 0 Å². The van der Waals surface area contributed by atoms with Gasteiger partial charge < -0.3 is 0 Å². The Hall–Kier alpha value is 0.167. The van der Waals surface area contributed by atoms with Crippen LogP contribution in [0.1, 0.15) is 6.42 Å². The molecule has 1 saturated carbocycles. The van der Waals surface area contributed by atoms with Crippen LogP contribution in [0.4, 0.5) is 0 Å². The Balaban J connectivity index is 2.35. The monoisotopic (exact) mass is 204 g/mol. The Bertz CT molecular complexity index is 302. The topological polar surface area (TPSA) is 34.1 Å². The predicted molar refractivity (Wildman–Crippen MR) is 52.5 cm³/mol. The van der Waals surface area contributed by atoms with Gasteiger partial charge in [0.25, 0.3) is 0 Å². The number of hydrogen-bond donors (Lipinski definition) is 0. The van der Waals surface area contributed by atoms with E-state index in [1.165, 1.54) is 6.42 Å². The minimum atomic E-state index is -2.68. The average molecular weight is 204 g/mol. The Kier molecular flexibility index (Phi) is 1.57. The summed E-state index contributed by atoms with van der Waals surface area (Å²) in [7, 11) is -4.15. The van der Waals surface area contributed by atoms with Crippen LogP contribution in [0.3, 0.4) is 0 Å². The van der Waals surface area contributed by atoms with Crippen molar-refractivity contribution in [1.29, 1.82) is 0 Å². The first-order valence-electron chi connectivity index (χ1n) is 4.54. The van der Waals surface area contributed by atoms with Crippen LogP contribution in [0, 0.1) is 11.8 Å². The highest BCUT2D eigenvalue weighted by atomic mass is 32.2. The molecule has 2 fully saturated rings. The Morgan fingerprint density at radius 1 is 1.25 bits per heavy atom. The van der Waals surface area contributed by atoms with Crippen LogP contribution in [0.5, 0.6) is 0 Å². The molecule has 0 aromatic carbocycles. The van der Waals surface area contributed by atoms with E-state index in [0.29, 0.717) is 17.6 Å². The first-order chi connectivity index (χ1) is 5.32. The van der Waals surface area contributed by atoms with Crippen LogP contribution >= 0.6 is 0 Å². The molecule has 0 unspecified atom stereocenters. The van der Waals surface area contributed by atoms with Crippen LogP contribution in [0.2, 0.25) is 19.6 Å². The van der Waals surface area contributed by atoms with Gasteiger partial charge in [0.05, 0.1) is 18.7 Å². The van der Waals surface area contributed by atoms with E-state index in [1.54, 1.807) is 0 Å². The lowest BCUT2D eigenvalue weighted by Gasteiger charge is -2.25. The van der Waals surface area contributed by atoms with Gasteiger partial charge >= 0.3 is 0 Å². The van der Waals surface area contributed by atoms with Crippen LogP contribution < -0.4 is 0 Å². The summed E-state index contributed by atoms with van der Waals surface area (Å²) in [5.41, 5.74) is 0. The number of sulfone groups is 1. The third-order valence-electron chi connectivity index (χ3n) is 3.05. The molecule has 0 spiro atoms.